The number of nitrogens with two attached hydrogens (primary N) is 1. The summed E-state index contributed by atoms with van der Waals surface area (Å²) in [6.45, 7) is 1.52. The normalized spacial score (nSPS) is 17.0. The van der Waals surface area contributed by atoms with Gasteiger partial charge in [0.25, 0.3) is 0 Å². The van der Waals surface area contributed by atoms with Crippen LogP contribution < -0.4 is 10.6 Å². The molecule has 0 saturated carbocycles. The summed E-state index contributed by atoms with van der Waals surface area (Å²) in [6, 6.07) is 3.31. The van der Waals surface area contributed by atoms with Crippen LogP contribution in [0.5, 0.6) is 0 Å². The average Bonchev–Trinajstić information content (AvgIpc) is 2.89. The van der Waals surface area contributed by atoms with Crippen LogP contribution in [0, 0.1) is 0 Å². The fourth-order valence-electron chi connectivity index (χ4n) is 2.21. The summed E-state index contributed by atoms with van der Waals surface area (Å²) in [4.78, 5) is 1.94. The second-order valence-electron chi connectivity index (χ2n) is 4.41. The van der Waals surface area contributed by atoms with E-state index in [4.69, 9.17) is 10.9 Å². The van der Waals surface area contributed by atoms with E-state index in [1.54, 1.807) is 0 Å². The number of hydrogen-bond donors (Lipinski definition) is 2. The highest BCUT2D eigenvalue weighted by atomic mass is 19.4. The molecule has 1 aromatic carbocycles. The van der Waals surface area contributed by atoms with Gasteiger partial charge in [-0.05, 0) is 31.0 Å². The molecule has 2 rings (SSSR count). The minimum Gasteiger partial charge on any atom is -0.409 e. The second-order valence-corrected chi connectivity index (χ2v) is 4.41. The van der Waals surface area contributed by atoms with Gasteiger partial charge in [0.05, 0.1) is 5.56 Å². The van der Waals surface area contributed by atoms with Crippen molar-refractivity contribution in [2.24, 2.45) is 10.9 Å². The predicted octanol–water partition coefficient (Wildman–Crippen LogP) is 2.40. The number of alkyl halides is 3. The SMILES string of the molecule is N/C(=N\O)c1cc(C(F)(F)F)ccc1N1CCCC1. The number of anilines is 1. The molecule has 1 aliphatic rings. The Labute approximate surface area is 108 Å². The molecule has 104 valence electrons. The maximum Gasteiger partial charge on any atom is 0.416 e. The molecule has 1 heterocycles. The van der Waals surface area contributed by atoms with Gasteiger partial charge in [-0.15, -0.1) is 0 Å². The number of halogens is 3. The van der Waals surface area contributed by atoms with Gasteiger partial charge in [0.2, 0.25) is 0 Å². The van der Waals surface area contributed by atoms with Crippen molar-refractivity contribution in [1.29, 1.82) is 0 Å². The number of rotatable bonds is 2. The van der Waals surface area contributed by atoms with Crippen molar-refractivity contribution in [3.05, 3.63) is 29.3 Å². The first kappa shape index (κ1) is 13.5. The Morgan fingerprint density at radius 1 is 1.26 bits per heavy atom. The lowest BCUT2D eigenvalue weighted by molar-refractivity contribution is -0.137. The predicted molar refractivity (Wildman–Crippen MR) is 65.4 cm³/mol. The van der Waals surface area contributed by atoms with Crippen molar-refractivity contribution in [3.8, 4) is 0 Å². The highest BCUT2D eigenvalue weighted by Crippen LogP contribution is 2.33. The quantitative estimate of drug-likeness (QED) is 0.376. The highest BCUT2D eigenvalue weighted by Gasteiger charge is 2.32. The summed E-state index contributed by atoms with van der Waals surface area (Å²) in [5.41, 5.74) is 5.35. The van der Waals surface area contributed by atoms with Gasteiger partial charge in [0.1, 0.15) is 0 Å². The summed E-state index contributed by atoms with van der Waals surface area (Å²) < 4.78 is 38.1. The monoisotopic (exact) mass is 273 g/mol. The molecule has 0 unspecified atom stereocenters. The summed E-state index contributed by atoms with van der Waals surface area (Å²) >= 11 is 0. The van der Waals surface area contributed by atoms with Crippen molar-refractivity contribution in [2.75, 3.05) is 18.0 Å². The van der Waals surface area contributed by atoms with Crippen molar-refractivity contribution < 1.29 is 18.4 Å². The third kappa shape index (κ3) is 2.74. The molecule has 1 aliphatic heterocycles. The molecule has 0 amide bonds. The Morgan fingerprint density at radius 2 is 1.89 bits per heavy atom. The molecular formula is C12H14F3N3O. The lowest BCUT2D eigenvalue weighted by Gasteiger charge is -2.22. The standard InChI is InChI=1S/C12H14F3N3O/c13-12(14,15)8-3-4-10(18-5-1-2-6-18)9(7-8)11(16)17-19/h3-4,7,19H,1-2,5-6H2,(H2,16,17). The van der Waals surface area contributed by atoms with Gasteiger partial charge in [-0.2, -0.15) is 13.2 Å². The molecule has 0 atom stereocenters. The van der Waals surface area contributed by atoms with Gasteiger partial charge in [-0.1, -0.05) is 5.16 Å². The smallest absolute Gasteiger partial charge is 0.409 e. The fourth-order valence-corrected chi connectivity index (χ4v) is 2.21. The molecule has 7 heteroatoms. The van der Waals surface area contributed by atoms with E-state index in [1.807, 2.05) is 4.90 Å². The van der Waals surface area contributed by atoms with Gasteiger partial charge in [0, 0.05) is 24.3 Å². The topological polar surface area (TPSA) is 61.9 Å². The first-order chi connectivity index (χ1) is 8.93. The summed E-state index contributed by atoms with van der Waals surface area (Å²) in [5.74, 6) is -0.312. The molecule has 0 bridgehead atoms. The summed E-state index contributed by atoms with van der Waals surface area (Å²) in [6.07, 6.45) is -2.48. The van der Waals surface area contributed by atoms with Crippen LogP contribution in [0.2, 0.25) is 0 Å². The zero-order valence-corrected chi connectivity index (χ0v) is 10.1. The van der Waals surface area contributed by atoms with Crippen LogP contribution in [0.15, 0.2) is 23.4 Å². The first-order valence-electron chi connectivity index (χ1n) is 5.87. The summed E-state index contributed by atoms with van der Waals surface area (Å²) in [5, 5.41) is 11.5. The van der Waals surface area contributed by atoms with Crippen molar-refractivity contribution in [3.63, 3.8) is 0 Å². The highest BCUT2D eigenvalue weighted by molar-refractivity contribution is 6.02. The van der Waals surface area contributed by atoms with Crippen molar-refractivity contribution in [1.82, 2.24) is 0 Å². The maximum atomic E-state index is 12.7. The Kier molecular flexibility index (Phi) is 3.55. The number of amidine groups is 1. The fraction of sp³-hybridized carbons (Fsp3) is 0.417. The van der Waals surface area contributed by atoms with Crippen LogP contribution in [-0.2, 0) is 6.18 Å². The number of oxime groups is 1. The summed E-state index contributed by atoms with van der Waals surface area (Å²) in [7, 11) is 0. The van der Waals surface area contributed by atoms with Crippen molar-refractivity contribution >= 4 is 11.5 Å². The Hall–Kier alpha value is -1.92. The van der Waals surface area contributed by atoms with E-state index in [0.29, 0.717) is 5.69 Å². The third-order valence-corrected chi connectivity index (χ3v) is 3.15. The Morgan fingerprint density at radius 3 is 2.42 bits per heavy atom. The average molecular weight is 273 g/mol. The molecule has 1 saturated heterocycles. The van der Waals surface area contributed by atoms with E-state index in [-0.39, 0.29) is 11.4 Å². The van der Waals surface area contributed by atoms with E-state index in [9.17, 15) is 13.2 Å². The molecule has 0 aliphatic carbocycles. The first-order valence-corrected chi connectivity index (χ1v) is 5.87. The number of hydrogen-bond acceptors (Lipinski definition) is 3. The van der Waals surface area contributed by atoms with Crippen LogP contribution in [-0.4, -0.2) is 24.1 Å². The molecule has 0 spiro atoms. The largest absolute Gasteiger partial charge is 0.416 e. The van der Waals surface area contributed by atoms with E-state index in [0.717, 1.165) is 38.1 Å². The van der Waals surface area contributed by atoms with Crippen LogP contribution >= 0.6 is 0 Å². The Balaban J connectivity index is 2.48. The van der Waals surface area contributed by atoms with E-state index < -0.39 is 11.7 Å². The van der Waals surface area contributed by atoms with E-state index in [1.165, 1.54) is 6.07 Å². The van der Waals surface area contributed by atoms with Crippen LogP contribution in [0.4, 0.5) is 18.9 Å². The maximum absolute atomic E-state index is 12.7. The van der Waals surface area contributed by atoms with Crippen LogP contribution in [0.25, 0.3) is 0 Å². The van der Waals surface area contributed by atoms with Gasteiger partial charge in [0.15, 0.2) is 5.84 Å². The van der Waals surface area contributed by atoms with Crippen LogP contribution in [0.3, 0.4) is 0 Å². The zero-order valence-electron chi connectivity index (χ0n) is 10.1. The van der Waals surface area contributed by atoms with E-state index >= 15 is 0 Å². The molecule has 3 N–H and O–H groups in total. The molecule has 19 heavy (non-hydrogen) atoms. The molecular weight excluding hydrogens is 259 g/mol. The molecule has 1 aromatic rings. The van der Waals surface area contributed by atoms with Gasteiger partial charge < -0.3 is 15.8 Å². The number of nitrogens with zero attached hydrogens (tertiary/aromatic N) is 2. The van der Waals surface area contributed by atoms with E-state index in [2.05, 4.69) is 5.16 Å². The van der Waals surface area contributed by atoms with Gasteiger partial charge in [-0.3, -0.25) is 0 Å². The molecule has 0 aromatic heterocycles. The molecule has 4 nitrogen and oxygen atoms in total. The van der Waals surface area contributed by atoms with Crippen LogP contribution in [0.1, 0.15) is 24.0 Å². The molecule has 1 fully saturated rings. The van der Waals surface area contributed by atoms with Crippen molar-refractivity contribution in [2.45, 2.75) is 19.0 Å². The van der Waals surface area contributed by atoms with Gasteiger partial charge >= 0.3 is 6.18 Å². The minimum atomic E-state index is -4.45. The Bertz CT molecular complexity index is 493. The minimum absolute atomic E-state index is 0.110. The lowest BCUT2D eigenvalue weighted by atomic mass is 10.1. The molecule has 0 radical (unpaired) electrons. The third-order valence-electron chi connectivity index (χ3n) is 3.15. The number of benzene rings is 1. The lowest BCUT2D eigenvalue weighted by Crippen LogP contribution is -2.24. The van der Waals surface area contributed by atoms with Gasteiger partial charge in [-0.25, -0.2) is 0 Å². The second kappa shape index (κ2) is 4.99. The zero-order chi connectivity index (χ0) is 14.0.